The zero-order chi connectivity index (χ0) is 26.5. The number of rotatable bonds is 9. The van der Waals surface area contributed by atoms with E-state index in [1.807, 2.05) is 4.90 Å². The number of hydroxylamine groups is 1. The van der Waals surface area contributed by atoms with Crippen LogP contribution in [-0.4, -0.2) is 24.5 Å². The molecule has 1 heterocycles. The number of pyridine rings is 1. The lowest BCUT2D eigenvalue weighted by atomic mass is 10.1. The molecule has 11 heteroatoms. The van der Waals surface area contributed by atoms with Gasteiger partial charge in [0.1, 0.15) is 5.75 Å². The molecule has 0 amide bonds. The normalized spacial score (nSPS) is 11.2. The molecular weight excluding hydrogens is 518 g/mol. The van der Waals surface area contributed by atoms with Gasteiger partial charge < -0.3 is 14.5 Å². The Bertz CT molecular complexity index is 1210. The molecule has 6 nitrogen and oxygen atoms in total. The number of halogens is 5. The largest absolute Gasteiger partial charge is 0.439 e. The lowest BCUT2D eigenvalue weighted by Gasteiger charge is -2.25. The fourth-order valence-corrected chi connectivity index (χ4v) is 3.57. The summed E-state index contributed by atoms with van der Waals surface area (Å²) in [5.74, 6) is -0.577. The van der Waals surface area contributed by atoms with Crippen LogP contribution in [0.15, 0.2) is 54.7 Å². The molecule has 0 bridgehead atoms. The Hall–Kier alpha value is -3.17. The maximum atomic E-state index is 13.8. The van der Waals surface area contributed by atoms with Gasteiger partial charge >= 0.3 is 12.1 Å². The highest BCUT2D eigenvalue weighted by Gasteiger charge is 2.36. The van der Waals surface area contributed by atoms with Crippen LogP contribution in [0.4, 0.5) is 30.2 Å². The third-order valence-corrected chi connectivity index (χ3v) is 5.86. The molecule has 36 heavy (non-hydrogen) atoms. The van der Waals surface area contributed by atoms with Crippen LogP contribution in [0.2, 0.25) is 10.0 Å². The maximum absolute atomic E-state index is 13.8. The maximum Gasteiger partial charge on any atom is 0.418 e. The Morgan fingerprint density at radius 2 is 1.72 bits per heavy atom. The van der Waals surface area contributed by atoms with Crippen LogP contribution in [0.25, 0.3) is 0 Å². The highest BCUT2D eigenvalue weighted by atomic mass is 35.5. The van der Waals surface area contributed by atoms with Gasteiger partial charge in [0.15, 0.2) is 0 Å². The smallest absolute Gasteiger partial charge is 0.418 e. The van der Waals surface area contributed by atoms with Crippen LogP contribution in [0.3, 0.4) is 0 Å². The molecule has 0 saturated carbocycles. The summed E-state index contributed by atoms with van der Waals surface area (Å²) in [5.41, 5.74) is 0.181. The summed E-state index contributed by atoms with van der Waals surface area (Å²) in [6, 6.07) is 11.8. The van der Waals surface area contributed by atoms with Crippen molar-refractivity contribution < 1.29 is 27.5 Å². The lowest BCUT2D eigenvalue weighted by molar-refractivity contribution is -0.147. The number of aromatic nitrogens is 1. The number of hydrogen-bond donors (Lipinski definition) is 0. The quantitative estimate of drug-likeness (QED) is 0.255. The van der Waals surface area contributed by atoms with Gasteiger partial charge in [-0.1, -0.05) is 30.1 Å². The fraction of sp³-hybridized carbons (Fsp3) is 0.280. The van der Waals surface area contributed by atoms with Gasteiger partial charge in [-0.3, -0.25) is 0 Å². The SMILES string of the molecule is CCCC(=O)ON(CC)c1ccc(Oc2ccc(N(C)c3ccc(Cl)c(Cl)c3)cn2)cc1C(F)(F)F. The predicted molar refractivity (Wildman–Crippen MR) is 134 cm³/mol. The monoisotopic (exact) mass is 541 g/mol. The molecule has 3 rings (SSSR count). The molecule has 3 aromatic rings. The van der Waals surface area contributed by atoms with Crippen LogP contribution in [0, 0.1) is 0 Å². The molecule has 0 N–H and O–H groups in total. The summed E-state index contributed by atoms with van der Waals surface area (Å²) < 4.78 is 47.1. The van der Waals surface area contributed by atoms with Gasteiger partial charge in [-0.25, -0.2) is 14.8 Å². The summed E-state index contributed by atoms with van der Waals surface area (Å²) in [6.45, 7) is 3.40. The molecule has 0 saturated heterocycles. The van der Waals surface area contributed by atoms with Crippen LogP contribution in [0.5, 0.6) is 11.6 Å². The van der Waals surface area contributed by atoms with E-state index in [4.69, 9.17) is 32.8 Å². The first-order valence-electron chi connectivity index (χ1n) is 11.1. The standard InChI is InChI=1S/C25H24Cl2F3N3O3/c1-4-6-24(34)36-33(5-2)22-11-9-18(14-19(22)25(28,29)30)35-23-12-8-17(15-31-23)32(3)16-7-10-20(26)21(27)13-16/h7-15H,4-6H2,1-3H3. The highest BCUT2D eigenvalue weighted by molar-refractivity contribution is 6.42. The first-order chi connectivity index (χ1) is 17.0. The molecule has 0 aliphatic carbocycles. The fourth-order valence-electron chi connectivity index (χ4n) is 3.27. The summed E-state index contributed by atoms with van der Waals surface area (Å²) in [6.07, 6.45) is -2.58. The molecule has 0 spiro atoms. The Morgan fingerprint density at radius 3 is 2.31 bits per heavy atom. The van der Waals surface area contributed by atoms with Crippen LogP contribution < -0.4 is 14.7 Å². The number of ether oxygens (including phenoxy) is 1. The molecule has 0 atom stereocenters. The van der Waals surface area contributed by atoms with Crippen molar-refractivity contribution in [2.45, 2.75) is 32.9 Å². The van der Waals surface area contributed by atoms with Gasteiger partial charge in [0.2, 0.25) is 5.88 Å². The minimum absolute atomic E-state index is 0.0358. The number of hydrogen-bond acceptors (Lipinski definition) is 6. The van der Waals surface area contributed by atoms with E-state index in [-0.39, 0.29) is 30.3 Å². The van der Waals surface area contributed by atoms with Crippen molar-refractivity contribution in [3.63, 3.8) is 0 Å². The zero-order valence-electron chi connectivity index (χ0n) is 19.8. The van der Waals surface area contributed by atoms with E-state index in [0.29, 0.717) is 22.2 Å². The number of nitrogens with zero attached hydrogens (tertiary/aromatic N) is 3. The number of carbonyl (C=O) groups is 1. The molecule has 0 radical (unpaired) electrons. The Kier molecular flexibility index (Phi) is 8.92. The first kappa shape index (κ1) is 27.4. The second kappa shape index (κ2) is 11.7. The molecule has 2 aromatic carbocycles. The molecule has 192 valence electrons. The molecule has 0 unspecified atom stereocenters. The van der Waals surface area contributed by atoms with Gasteiger partial charge in [0.25, 0.3) is 0 Å². The van der Waals surface area contributed by atoms with E-state index in [1.165, 1.54) is 24.4 Å². The summed E-state index contributed by atoms with van der Waals surface area (Å²) in [4.78, 5) is 23.0. The third-order valence-electron chi connectivity index (χ3n) is 5.12. The van der Waals surface area contributed by atoms with Crippen molar-refractivity contribution in [2.75, 3.05) is 23.6 Å². The Labute approximate surface area is 217 Å². The van der Waals surface area contributed by atoms with Crippen molar-refractivity contribution in [3.8, 4) is 11.6 Å². The number of anilines is 3. The van der Waals surface area contributed by atoms with E-state index < -0.39 is 17.7 Å². The topological polar surface area (TPSA) is 54.9 Å². The van der Waals surface area contributed by atoms with Crippen LogP contribution in [-0.2, 0) is 15.8 Å². The summed E-state index contributed by atoms with van der Waals surface area (Å²) in [5, 5.41) is 1.76. The van der Waals surface area contributed by atoms with Gasteiger partial charge in [-0.15, -0.1) is 0 Å². The average molecular weight is 542 g/mol. The van der Waals surface area contributed by atoms with Crippen molar-refractivity contribution in [1.82, 2.24) is 4.98 Å². The third kappa shape index (κ3) is 6.73. The Morgan fingerprint density at radius 1 is 1.00 bits per heavy atom. The number of alkyl halides is 3. The minimum Gasteiger partial charge on any atom is -0.439 e. The highest BCUT2D eigenvalue weighted by Crippen LogP contribution is 2.40. The van der Waals surface area contributed by atoms with Crippen molar-refractivity contribution >= 4 is 46.2 Å². The van der Waals surface area contributed by atoms with E-state index in [0.717, 1.165) is 16.8 Å². The number of benzene rings is 2. The van der Waals surface area contributed by atoms with Gasteiger partial charge in [-0.2, -0.15) is 13.2 Å². The van der Waals surface area contributed by atoms with Crippen molar-refractivity contribution in [2.24, 2.45) is 0 Å². The molecule has 1 aromatic heterocycles. The molecule has 0 aliphatic heterocycles. The van der Waals surface area contributed by atoms with Gasteiger partial charge in [0, 0.05) is 25.2 Å². The predicted octanol–water partition coefficient (Wildman–Crippen LogP) is 8.05. The van der Waals surface area contributed by atoms with Crippen LogP contribution >= 0.6 is 23.2 Å². The van der Waals surface area contributed by atoms with Gasteiger partial charge in [-0.05, 0) is 55.8 Å². The zero-order valence-corrected chi connectivity index (χ0v) is 21.3. The summed E-state index contributed by atoms with van der Waals surface area (Å²) in [7, 11) is 1.80. The van der Waals surface area contributed by atoms with Crippen LogP contribution in [0.1, 0.15) is 32.3 Å². The van der Waals surface area contributed by atoms with Crippen molar-refractivity contribution in [1.29, 1.82) is 0 Å². The average Bonchev–Trinajstić information content (AvgIpc) is 2.84. The first-order valence-corrected chi connectivity index (χ1v) is 11.8. The summed E-state index contributed by atoms with van der Waals surface area (Å²) >= 11 is 12.0. The van der Waals surface area contributed by atoms with Gasteiger partial charge in [0.05, 0.1) is 39.7 Å². The van der Waals surface area contributed by atoms with E-state index in [1.54, 1.807) is 45.2 Å². The molecule has 0 aliphatic rings. The Balaban J connectivity index is 1.82. The van der Waals surface area contributed by atoms with E-state index in [2.05, 4.69) is 4.98 Å². The van der Waals surface area contributed by atoms with E-state index in [9.17, 15) is 18.0 Å². The molecular formula is C25H24Cl2F3N3O3. The second-order valence-corrected chi connectivity index (χ2v) is 8.51. The minimum atomic E-state index is -4.71. The molecule has 0 fully saturated rings. The number of carbonyl (C=O) groups excluding carboxylic acids is 1. The van der Waals surface area contributed by atoms with E-state index >= 15 is 0 Å². The lowest BCUT2D eigenvalue weighted by Crippen LogP contribution is -2.29. The van der Waals surface area contributed by atoms with Crippen molar-refractivity contribution in [3.05, 3.63) is 70.3 Å². The second-order valence-electron chi connectivity index (χ2n) is 7.70.